The van der Waals surface area contributed by atoms with E-state index in [0.717, 1.165) is 31.5 Å². The lowest BCUT2D eigenvalue weighted by molar-refractivity contribution is -0.118. The number of halogens is 2. The van der Waals surface area contributed by atoms with E-state index in [1.165, 1.54) is 6.07 Å². The van der Waals surface area contributed by atoms with Crippen LogP contribution >= 0.6 is 0 Å². The minimum atomic E-state index is -0.997. The van der Waals surface area contributed by atoms with Crippen molar-refractivity contribution in [1.29, 1.82) is 0 Å². The third kappa shape index (κ3) is 3.98. The lowest BCUT2D eigenvalue weighted by atomic mass is 9.97. The summed E-state index contributed by atoms with van der Waals surface area (Å²) in [5.74, 6) is -2.25. The fraction of sp³-hybridized carbons (Fsp3) is 0.533. The van der Waals surface area contributed by atoms with E-state index in [1.54, 1.807) is 13.8 Å². The molecule has 1 saturated heterocycles. The zero-order valence-corrected chi connectivity index (χ0v) is 12.2. The van der Waals surface area contributed by atoms with Crippen molar-refractivity contribution in [3.8, 4) is 0 Å². The van der Waals surface area contributed by atoms with Gasteiger partial charge >= 0.3 is 0 Å². The summed E-state index contributed by atoms with van der Waals surface area (Å²) in [4.78, 5) is 13.9. The lowest BCUT2D eigenvalue weighted by Gasteiger charge is -2.33. The normalized spacial score (nSPS) is 19.8. The monoisotopic (exact) mass is 298 g/mol. The Balaban J connectivity index is 1.96. The van der Waals surface area contributed by atoms with Crippen LogP contribution in [0.5, 0.6) is 0 Å². The number of hydrogen-bond donors (Lipinski definition) is 2. The number of hydrogen-bond acceptors (Lipinski definition) is 3. The molecule has 4 nitrogen and oxygen atoms in total. The van der Waals surface area contributed by atoms with Gasteiger partial charge in [0.15, 0.2) is 11.6 Å². The molecule has 1 atom stereocenters. The zero-order valence-electron chi connectivity index (χ0n) is 12.2. The lowest BCUT2D eigenvalue weighted by Crippen LogP contribution is -2.48. The molecule has 1 aliphatic heterocycles. The molecule has 1 unspecified atom stereocenters. The first-order valence-corrected chi connectivity index (χ1v) is 6.98. The van der Waals surface area contributed by atoms with Crippen molar-refractivity contribution >= 4 is 11.6 Å². The van der Waals surface area contributed by atoms with Gasteiger partial charge in [-0.3, -0.25) is 9.69 Å². The predicted octanol–water partition coefficient (Wildman–Crippen LogP) is 2.14. The highest BCUT2D eigenvalue weighted by Crippen LogP contribution is 2.26. The Labute approximate surface area is 122 Å². The van der Waals surface area contributed by atoms with E-state index in [9.17, 15) is 18.7 Å². The average Bonchev–Trinajstić information content (AvgIpc) is 2.81. The number of aliphatic hydroxyl groups is 1. The molecule has 2 rings (SSSR count). The molecule has 1 aromatic carbocycles. The molecule has 116 valence electrons. The molecule has 1 amide bonds. The van der Waals surface area contributed by atoms with Crippen LogP contribution in [-0.4, -0.2) is 40.6 Å². The van der Waals surface area contributed by atoms with Crippen LogP contribution in [0.1, 0.15) is 26.7 Å². The van der Waals surface area contributed by atoms with Crippen LogP contribution in [0.25, 0.3) is 0 Å². The number of likely N-dealkylation sites (tertiary alicyclic amines) is 1. The topological polar surface area (TPSA) is 52.6 Å². The molecule has 0 spiro atoms. The maximum absolute atomic E-state index is 13.1. The molecule has 1 fully saturated rings. The van der Waals surface area contributed by atoms with Gasteiger partial charge < -0.3 is 10.4 Å². The van der Waals surface area contributed by atoms with E-state index in [4.69, 9.17) is 0 Å². The van der Waals surface area contributed by atoms with Gasteiger partial charge in [0.2, 0.25) is 5.91 Å². The number of nitrogens with one attached hydrogen (secondary N) is 1. The van der Waals surface area contributed by atoms with Gasteiger partial charge in [0.25, 0.3) is 0 Å². The van der Waals surface area contributed by atoms with E-state index in [2.05, 4.69) is 5.32 Å². The highest BCUT2D eigenvalue weighted by molar-refractivity contribution is 5.92. The molecule has 1 aromatic rings. The summed E-state index contributed by atoms with van der Waals surface area (Å²) in [6.07, 6.45) is 1.76. The first kappa shape index (κ1) is 15.9. The minimum absolute atomic E-state index is 0.0757. The second-order valence-corrected chi connectivity index (χ2v) is 5.96. The number of amides is 1. The predicted molar refractivity (Wildman–Crippen MR) is 75.9 cm³/mol. The molecule has 0 aromatic heterocycles. The Morgan fingerprint density at radius 3 is 2.76 bits per heavy atom. The molecule has 0 radical (unpaired) electrons. The Bertz CT molecular complexity index is 529. The summed E-state index contributed by atoms with van der Waals surface area (Å²) in [6.45, 7) is 4.31. The standard InChI is InChI=1S/C15H20F2N2O2/c1-15(2,21)13-4-3-7-19(13)9-14(20)18-10-5-6-11(16)12(17)8-10/h5-6,8,13,21H,3-4,7,9H2,1-2H3,(H,18,20). The summed E-state index contributed by atoms with van der Waals surface area (Å²) in [6, 6.07) is 3.16. The molecule has 6 heteroatoms. The molecule has 0 bridgehead atoms. The fourth-order valence-electron chi connectivity index (χ4n) is 2.77. The fourth-order valence-corrected chi connectivity index (χ4v) is 2.77. The molecular weight excluding hydrogens is 278 g/mol. The van der Waals surface area contributed by atoms with Crippen LogP contribution in [-0.2, 0) is 4.79 Å². The van der Waals surface area contributed by atoms with E-state index in [-0.39, 0.29) is 24.2 Å². The summed E-state index contributed by atoms with van der Waals surface area (Å²) in [7, 11) is 0. The van der Waals surface area contributed by atoms with Gasteiger partial charge in [-0.2, -0.15) is 0 Å². The number of benzene rings is 1. The van der Waals surface area contributed by atoms with Crippen LogP contribution in [0.2, 0.25) is 0 Å². The van der Waals surface area contributed by atoms with Gasteiger partial charge in [-0.25, -0.2) is 8.78 Å². The Morgan fingerprint density at radius 1 is 1.43 bits per heavy atom. The molecule has 1 aliphatic rings. The summed E-state index contributed by atoms with van der Waals surface area (Å²) < 4.78 is 25.9. The van der Waals surface area contributed by atoms with Gasteiger partial charge in [-0.05, 0) is 45.4 Å². The van der Waals surface area contributed by atoms with Crippen LogP contribution in [0, 0.1) is 11.6 Å². The minimum Gasteiger partial charge on any atom is -0.389 e. The molecule has 21 heavy (non-hydrogen) atoms. The maximum Gasteiger partial charge on any atom is 0.238 e. The highest BCUT2D eigenvalue weighted by atomic mass is 19.2. The number of rotatable bonds is 4. The Hall–Kier alpha value is -1.53. The van der Waals surface area contributed by atoms with Crippen LogP contribution in [0.15, 0.2) is 18.2 Å². The van der Waals surface area contributed by atoms with E-state index in [0.29, 0.717) is 0 Å². The summed E-state index contributed by atoms with van der Waals surface area (Å²) in [5.41, 5.74) is -0.656. The SMILES string of the molecule is CC(C)(O)C1CCCN1CC(=O)Nc1ccc(F)c(F)c1. The zero-order chi connectivity index (χ0) is 15.6. The number of anilines is 1. The average molecular weight is 298 g/mol. The smallest absolute Gasteiger partial charge is 0.238 e. The molecule has 0 saturated carbocycles. The van der Waals surface area contributed by atoms with Crippen molar-refractivity contribution in [1.82, 2.24) is 4.90 Å². The highest BCUT2D eigenvalue weighted by Gasteiger charge is 2.36. The number of carbonyl (C=O) groups is 1. The Kier molecular flexibility index (Phi) is 4.58. The Morgan fingerprint density at radius 2 is 2.14 bits per heavy atom. The molecule has 1 heterocycles. The second-order valence-electron chi connectivity index (χ2n) is 5.96. The summed E-state index contributed by atoms with van der Waals surface area (Å²) in [5, 5.41) is 12.6. The van der Waals surface area contributed by atoms with Crippen LogP contribution < -0.4 is 5.32 Å². The van der Waals surface area contributed by atoms with Crippen LogP contribution in [0.4, 0.5) is 14.5 Å². The third-order valence-corrected chi connectivity index (χ3v) is 3.73. The largest absolute Gasteiger partial charge is 0.389 e. The number of nitrogens with zero attached hydrogens (tertiary/aromatic N) is 1. The number of carbonyl (C=O) groups excluding carboxylic acids is 1. The summed E-state index contributed by atoms with van der Waals surface area (Å²) >= 11 is 0. The third-order valence-electron chi connectivity index (χ3n) is 3.73. The van der Waals surface area contributed by atoms with Crippen molar-refractivity contribution in [3.05, 3.63) is 29.8 Å². The maximum atomic E-state index is 13.1. The molecular formula is C15H20F2N2O2. The van der Waals surface area contributed by atoms with E-state index < -0.39 is 17.2 Å². The van der Waals surface area contributed by atoms with Crippen molar-refractivity contribution in [2.45, 2.75) is 38.3 Å². The van der Waals surface area contributed by atoms with E-state index in [1.807, 2.05) is 4.90 Å². The first-order valence-electron chi connectivity index (χ1n) is 6.98. The van der Waals surface area contributed by atoms with Crippen molar-refractivity contribution < 1.29 is 18.7 Å². The van der Waals surface area contributed by atoms with Gasteiger partial charge in [-0.15, -0.1) is 0 Å². The van der Waals surface area contributed by atoms with Gasteiger partial charge in [-0.1, -0.05) is 0 Å². The van der Waals surface area contributed by atoms with Gasteiger partial charge in [0.1, 0.15) is 0 Å². The van der Waals surface area contributed by atoms with E-state index >= 15 is 0 Å². The molecule has 2 N–H and O–H groups in total. The first-order chi connectivity index (χ1) is 9.77. The molecule has 0 aliphatic carbocycles. The van der Waals surface area contributed by atoms with Gasteiger partial charge in [0.05, 0.1) is 12.1 Å². The van der Waals surface area contributed by atoms with Gasteiger partial charge in [0, 0.05) is 17.8 Å². The second kappa shape index (κ2) is 6.07. The van der Waals surface area contributed by atoms with Crippen molar-refractivity contribution in [2.24, 2.45) is 0 Å². The quantitative estimate of drug-likeness (QED) is 0.895. The van der Waals surface area contributed by atoms with Crippen LogP contribution in [0.3, 0.4) is 0 Å². The van der Waals surface area contributed by atoms with Crippen molar-refractivity contribution in [3.63, 3.8) is 0 Å². The van der Waals surface area contributed by atoms with Crippen molar-refractivity contribution in [2.75, 3.05) is 18.4 Å².